The van der Waals surface area contributed by atoms with Crippen molar-refractivity contribution in [1.29, 1.82) is 0 Å². The van der Waals surface area contributed by atoms with Crippen molar-refractivity contribution in [2.45, 2.75) is 25.3 Å². The predicted octanol–water partition coefficient (Wildman–Crippen LogP) is 2.20. The molecule has 1 aromatic carbocycles. The van der Waals surface area contributed by atoms with Crippen molar-refractivity contribution in [3.8, 4) is 11.5 Å². The first-order chi connectivity index (χ1) is 10.5. The topological polar surface area (TPSA) is 84.9 Å². The maximum absolute atomic E-state index is 12.3. The van der Waals surface area contributed by atoms with Crippen LogP contribution in [0, 0.1) is 5.92 Å². The number of benzene rings is 1. The molecule has 0 bridgehead atoms. The zero-order valence-electron chi connectivity index (χ0n) is 11.8. The molecule has 0 radical (unpaired) electrons. The summed E-state index contributed by atoms with van der Waals surface area (Å²) in [7, 11) is 0. The lowest BCUT2D eigenvalue weighted by molar-refractivity contribution is -0.139. The number of carbonyl (C=O) groups excluding carboxylic acids is 1. The minimum absolute atomic E-state index is 0.346. The molecule has 0 saturated heterocycles. The number of aliphatic carboxylic acids is 1. The molecule has 0 aromatic heterocycles. The summed E-state index contributed by atoms with van der Waals surface area (Å²) >= 11 is 3.35. The fourth-order valence-electron chi connectivity index (χ4n) is 2.39. The number of carboxylic acids is 1. The summed E-state index contributed by atoms with van der Waals surface area (Å²) in [6.07, 6.45) is 2.55. The standard InChI is InChI=1S/C15H16BrNO5/c16-10-6-9(7-12-13(10)22-4-3-21-12)14(18)17-11(15(19)20)5-8-1-2-8/h6-8,11H,1-5H2,(H,17,18)(H,19,20). The second-order valence-electron chi connectivity index (χ2n) is 5.53. The number of carbonyl (C=O) groups is 2. The van der Waals surface area contributed by atoms with Gasteiger partial charge in [0.1, 0.15) is 19.3 Å². The van der Waals surface area contributed by atoms with Crippen molar-refractivity contribution < 1.29 is 24.2 Å². The highest BCUT2D eigenvalue weighted by Gasteiger charge is 2.30. The normalized spacial score (nSPS) is 17.7. The third-order valence-electron chi connectivity index (χ3n) is 3.73. The molecule has 3 rings (SSSR count). The molecule has 1 saturated carbocycles. The number of halogens is 1. The van der Waals surface area contributed by atoms with Gasteiger partial charge in [-0.3, -0.25) is 4.79 Å². The number of fused-ring (bicyclic) bond motifs is 1. The van der Waals surface area contributed by atoms with Gasteiger partial charge in [-0.25, -0.2) is 4.79 Å². The van der Waals surface area contributed by atoms with Crippen LogP contribution in [0.4, 0.5) is 0 Å². The Balaban J connectivity index is 1.76. The van der Waals surface area contributed by atoms with Crippen LogP contribution in [0.2, 0.25) is 0 Å². The molecule has 1 atom stereocenters. The Kier molecular flexibility index (Phi) is 4.24. The van der Waals surface area contributed by atoms with Crippen molar-refractivity contribution in [2.75, 3.05) is 13.2 Å². The van der Waals surface area contributed by atoms with Crippen LogP contribution < -0.4 is 14.8 Å². The highest BCUT2D eigenvalue weighted by atomic mass is 79.9. The van der Waals surface area contributed by atoms with Crippen LogP contribution in [0.3, 0.4) is 0 Å². The van der Waals surface area contributed by atoms with Crippen LogP contribution in [-0.4, -0.2) is 36.2 Å². The molecule has 1 aliphatic carbocycles. The minimum atomic E-state index is -1.00. The summed E-state index contributed by atoms with van der Waals surface area (Å²) in [5.41, 5.74) is 0.346. The second kappa shape index (κ2) is 6.16. The summed E-state index contributed by atoms with van der Waals surface area (Å²) in [4.78, 5) is 23.6. The molecule has 118 valence electrons. The number of carboxylic acid groups (broad SMARTS) is 1. The molecule has 1 heterocycles. The first kappa shape index (κ1) is 15.1. The number of nitrogens with one attached hydrogen (secondary N) is 1. The fourth-order valence-corrected chi connectivity index (χ4v) is 2.95. The van der Waals surface area contributed by atoms with Gasteiger partial charge in [-0.1, -0.05) is 12.8 Å². The van der Waals surface area contributed by atoms with Gasteiger partial charge in [0.15, 0.2) is 11.5 Å². The lowest BCUT2D eigenvalue weighted by atomic mass is 10.1. The van der Waals surface area contributed by atoms with Crippen LogP contribution in [0.5, 0.6) is 11.5 Å². The molecule has 6 nitrogen and oxygen atoms in total. The van der Waals surface area contributed by atoms with Gasteiger partial charge in [0.05, 0.1) is 4.47 Å². The fraction of sp³-hybridized carbons (Fsp3) is 0.467. The predicted molar refractivity (Wildman–Crippen MR) is 81.4 cm³/mol. The molecule has 2 N–H and O–H groups in total. The molecule has 1 unspecified atom stereocenters. The largest absolute Gasteiger partial charge is 0.486 e. The minimum Gasteiger partial charge on any atom is -0.486 e. The number of ether oxygens (including phenoxy) is 2. The zero-order chi connectivity index (χ0) is 15.7. The highest BCUT2D eigenvalue weighted by Crippen LogP contribution is 2.38. The van der Waals surface area contributed by atoms with E-state index >= 15 is 0 Å². The summed E-state index contributed by atoms with van der Waals surface area (Å²) in [5, 5.41) is 11.8. The third kappa shape index (κ3) is 3.35. The highest BCUT2D eigenvalue weighted by molar-refractivity contribution is 9.10. The number of rotatable bonds is 5. The Labute approximate surface area is 135 Å². The van der Waals surface area contributed by atoms with Crippen LogP contribution in [0.1, 0.15) is 29.6 Å². The van der Waals surface area contributed by atoms with E-state index in [1.807, 2.05) is 0 Å². The first-order valence-corrected chi connectivity index (χ1v) is 7.96. The quantitative estimate of drug-likeness (QED) is 0.830. The number of hydrogen-bond donors (Lipinski definition) is 2. The van der Waals surface area contributed by atoms with Gasteiger partial charge in [-0.15, -0.1) is 0 Å². The van der Waals surface area contributed by atoms with Crippen LogP contribution in [0.15, 0.2) is 16.6 Å². The van der Waals surface area contributed by atoms with E-state index in [1.54, 1.807) is 12.1 Å². The van der Waals surface area contributed by atoms with Gasteiger partial charge in [0.2, 0.25) is 0 Å². The van der Waals surface area contributed by atoms with Crippen LogP contribution in [0.25, 0.3) is 0 Å². The Hall–Kier alpha value is -1.76. The molecule has 1 amide bonds. The van der Waals surface area contributed by atoms with E-state index in [9.17, 15) is 14.7 Å². The zero-order valence-corrected chi connectivity index (χ0v) is 13.4. The summed E-state index contributed by atoms with van der Waals surface area (Å²) in [5.74, 6) is 0.0337. The molecule has 7 heteroatoms. The first-order valence-electron chi connectivity index (χ1n) is 7.17. The Morgan fingerprint density at radius 2 is 2.05 bits per heavy atom. The molecule has 1 aromatic rings. The van der Waals surface area contributed by atoms with E-state index in [-0.39, 0.29) is 0 Å². The van der Waals surface area contributed by atoms with Crippen molar-refractivity contribution in [3.05, 3.63) is 22.2 Å². The summed E-state index contributed by atoms with van der Waals surface area (Å²) < 4.78 is 11.6. The van der Waals surface area contributed by atoms with Crippen molar-refractivity contribution in [2.24, 2.45) is 5.92 Å². The average Bonchev–Trinajstić information content (AvgIpc) is 3.30. The van der Waals surface area contributed by atoms with Crippen LogP contribution >= 0.6 is 15.9 Å². The lowest BCUT2D eigenvalue weighted by Gasteiger charge is -2.21. The van der Waals surface area contributed by atoms with Crippen LogP contribution in [-0.2, 0) is 4.79 Å². The molecular weight excluding hydrogens is 354 g/mol. The van der Waals surface area contributed by atoms with E-state index in [1.165, 1.54) is 0 Å². The SMILES string of the molecule is O=C(NC(CC1CC1)C(=O)O)c1cc(Br)c2c(c1)OCCO2. The summed E-state index contributed by atoms with van der Waals surface area (Å²) in [6.45, 7) is 0.879. The Morgan fingerprint density at radius 3 is 2.73 bits per heavy atom. The molecular formula is C15H16BrNO5. The molecule has 1 fully saturated rings. The van der Waals surface area contributed by atoms with E-state index in [2.05, 4.69) is 21.2 Å². The number of hydrogen-bond acceptors (Lipinski definition) is 4. The Morgan fingerprint density at radius 1 is 1.32 bits per heavy atom. The molecule has 0 spiro atoms. The molecule has 1 aliphatic heterocycles. The van der Waals surface area contributed by atoms with Gasteiger partial charge in [0, 0.05) is 5.56 Å². The van der Waals surface area contributed by atoms with E-state index in [0.717, 1.165) is 12.8 Å². The average molecular weight is 370 g/mol. The van der Waals surface area contributed by atoms with Crippen molar-refractivity contribution >= 4 is 27.8 Å². The van der Waals surface area contributed by atoms with Gasteiger partial charge >= 0.3 is 5.97 Å². The van der Waals surface area contributed by atoms with Gasteiger partial charge in [-0.05, 0) is 40.4 Å². The van der Waals surface area contributed by atoms with Gasteiger partial charge in [0.25, 0.3) is 5.91 Å². The van der Waals surface area contributed by atoms with Crippen molar-refractivity contribution in [1.82, 2.24) is 5.32 Å². The molecule has 2 aliphatic rings. The van der Waals surface area contributed by atoms with E-state index in [4.69, 9.17) is 9.47 Å². The molecule has 22 heavy (non-hydrogen) atoms. The maximum atomic E-state index is 12.3. The van der Waals surface area contributed by atoms with E-state index in [0.29, 0.717) is 47.1 Å². The second-order valence-corrected chi connectivity index (χ2v) is 6.38. The van der Waals surface area contributed by atoms with Crippen molar-refractivity contribution in [3.63, 3.8) is 0 Å². The lowest BCUT2D eigenvalue weighted by Crippen LogP contribution is -2.41. The summed E-state index contributed by atoms with van der Waals surface area (Å²) in [6, 6.07) is 2.33. The number of amides is 1. The monoisotopic (exact) mass is 369 g/mol. The smallest absolute Gasteiger partial charge is 0.326 e. The third-order valence-corrected chi connectivity index (χ3v) is 4.32. The van der Waals surface area contributed by atoms with E-state index < -0.39 is 17.9 Å². The Bertz CT molecular complexity index is 614. The maximum Gasteiger partial charge on any atom is 0.326 e. The van der Waals surface area contributed by atoms with Gasteiger partial charge < -0.3 is 19.9 Å². The van der Waals surface area contributed by atoms with Gasteiger partial charge in [-0.2, -0.15) is 0 Å².